The molecule has 35 heavy (non-hydrogen) atoms. The Morgan fingerprint density at radius 3 is 2.34 bits per heavy atom. The number of aryl methyl sites for hydroxylation is 1. The van der Waals surface area contributed by atoms with E-state index in [1.807, 2.05) is 58.2 Å². The fraction of sp³-hybridized carbons (Fsp3) is 0.310. The summed E-state index contributed by atoms with van der Waals surface area (Å²) in [4.78, 5) is 17.6. The SMILES string of the molecule is Cc1cc(Cl)cn2c(-c3ccccc3)c(-c3ccc(C4(NC(=O)OC(C)(C)C)CCC4)cc3)nc12. The Labute approximate surface area is 211 Å². The maximum atomic E-state index is 12.5. The molecule has 0 saturated heterocycles. The van der Waals surface area contributed by atoms with Crippen LogP contribution in [0, 0.1) is 6.92 Å². The second kappa shape index (κ2) is 8.72. The molecular weight excluding hydrogens is 458 g/mol. The van der Waals surface area contributed by atoms with Gasteiger partial charge in [0.2, 0.25) is 0 Å². The van der Waals surface area contributed by atoms with Crippen LogP contribution in [0.1, 0.15) is 51.2 Å². The number of amides is 1. The van der Waals surface area contributed by atoms with Gasteiger partial charge < -0.3 is 10.1 Å². The number of aromatic nitrogens is 2. The summed E-state index contributed by atoms with van der Waals surface area (Å²) in [6, 6.07) is 20.6. The highest BCUT2D eigenvalue weighted by atomic mass is 35.5. The first-order valence-electron chi connectivity index (χ1n) is 12.0. The van der Waals surface area contributed by atoms with E-state index in [1.54, 1.807) is 0 Å². The number of rotatable bonds is 4. The molecule has 5 rings (SSSR count). The van der Waals surface area contributed by atoms with Crippen LogP contribution < -0.4 is 5.32 Å². The van der Waals surface area contributed by atoms with Crippen molar-refractivity contribution in [1.82, 2.24) is 14.7 Å². The van der Waals surface area contributed by atoms with Crippen LogP contribution in [0.15, 0.2) is 66.9 Å². The summed E-state index contributed by atoms with van der Waals surface area (Å²) in [5, 5.41) is 3.81. The number of carbonyl (C=O) groups excluding carboxylic acids is 1. The molecule has 5 nitrogen and oxygen atoms in total. The van der Waals surface area contributed by atoms with Crippen LogP contribution in [0.3, 0.4) is 0 Å². The number of hydrogen-bond acceptors (Lipinski definition) is 3. The van der Waals surface area contributed by atoms with E-state index in [0.29, 0.717) is 5.02 Å². The molecular formula is C29H30ClN3O2. The minimum absolute atomic E-state index is 0.375. The average molecular weight is 488 g/mol. The fourth-order valence-electron chi connectivity index (χ4n) is 4.80. The van der Waals surface area contributed by atoms with Crippen molar-refractivity contribution in [2.24, 2.45) is 0 Å². The minimum Gasteiger partial charge on any atom is -0.444 e. The highest BCUT2D eigenvalue weighted by Gasteiger charge is 2.41. The van der Waals surface area contributed by atoms with Crippen molar-refractivity contribution in [3.63, 3.8) is 0 Å². The van der Waals surface area contributed by atoms with Gasteiger partial charge in [0, 0.05) is 17.3 Å². The minimum atomic E-state index is -0.531. The van der Waals surface area contributed by atoms with Crippen LogP contribution in [-0.2, 0) is 10.3 Å². The van der Waals surface area contributed by atoms with Crippen LogP contribution in [0.2, 0.25) is 5.02 Å². The molecule has 1 fully saturated rings. The van der Waals surface area contributed by atoms with Crippen LogP contribution in [0.5, 0.6) is 0 Å². The number of halogens is 1. The molecule has 1 amide bonds. The Bertz CT molecular complexity index is 1380. The largest absolute Gasteiger partial charge is 0.444 e. The van der Waals surface area contributed by atoms with Crippen molar-refractivity contribution in [3.8, 4) is 22.5 Å². The maximum absolute atomic E-state index is 12.5. The lowest BCUT2D eigenvalue weighted by molar-refractivity contribution is 0.0377. The van der Waals surface area contributed by atoms with Gasteiger partial charge >= 0.3 is 6.09 Å². The third kappa shape index (κ3) is 4.53. The molecule has 0 radical (unpaired) electrons. The molecule has 1 N–H and O–H groups in total. The maximum Gasteiger partial charge on any atom is 0.408 e. The van der Waals surface area contributed by atoms with Crippen molar-refractivity contribution >= 4 is 23.3 Å². The monoisotopic (exact) mass is 487 g/mol. The molecule has 4 aromatic rings. The predicted octanol–water partition coefficient (Wildman–Crippen LogP) is 7.53. The third-order valence-corrected chi connectivity index (χ3v) is 6.78. The molecule has 2 aromatic carbocycles. The van der Waals surface area contributed by atoms with Gasteiger partial charge in [-0.25, -0.2) is 9.78 Å². The van der Waals surface area contributed by atoms with Gasteiger partial charge in [0.25, 0.3) is 0 Å². The summed E-state index contributed by atoms with van der Waals surface area (Å²) in [6.07, 6.45) is 4.41. The Morgan fingerprint density at radius 2 is 1.74 bits per heavy atom. The Morgan fingerprint density at radius 1 is 1.06 bits per heavy atom. The van der Waals surface area contributed by atoms with E-state index in [-0.39, 0.29) is 11.6 Å². The quantitative estimate of drug-likeness (QED) is 0.323. The third-order valence-electron chi connectivity index (χ3n) is 6.58. The van der Waals surface area contributed by atoms with E-state index in [1.165, 1.54) is 0 Å². The number of imidazole rings is 1. The predicted molar refractivity (Wildman–Crippen MR) is 141 cm³/mol. The fourth-order valence-corrected chi connectivity index (χ4v) is 5.07. The van der Waals surface area contributed by atoms with E-state index < -0.39 is 5.60 Å². The topological polar surface area (TPSA) is 55.6 Å². The van der Waals surface area contributed by atoms with E-state index in [4.69, 9.17) is 21.3 Å². The molecule has 0 atom stereocenters. The van der Waals surface area contributed by atoms with Crippen molar-refractivity contribution in [2.45, 2.75) is 58.1 Å². The summed E-state index contributed by atoms with van der Waals surface area (Å²) in [7, 11) is 0. The molecule has 0 unspecified atom stereocenters. The Hall–Kier alpha value is -3.31. The second-order valence-corrected chi connectivity index (χ2v) is 10.8. The highest BCUT2D eigenvalue weighted by Crippen LogP contribution is 2.42. The zero-order valence-corrected chi connectivity index (χ0v) is 21.3. The first kappa shape index (κ1) is 23.4. The number of carbonyl (C=O) groups is 1. The van der Waals surface area contributed by atoms with Gasteiger partial charge in [-0.2, -0.15) is 0 Å². The molecule has 1 aliphatic carbocycles. The van der Waals surface area contributed by atoms with Crippen LogP contribution >= 0.6 is 11.6 Å². The van der Waals surface area contributed by atoms with E-state index in [9.17, 15) is 4.79 Å². The van der Waals surface area contributed by atoms with Crippen molar-refractivity contribution in [2.75, 3.05) is 0 Å². The number of ether oxygens (including phenoxy) is 1. The zero-order valence-electron chi connectivity index (χ0n) is 20.6. The summed E-state index contributed by atoms with van der Waals surface area (Å²) in [5.74, 6) is 0. The number of pyridine rings is 1. The molecule has 1 aliphatic rings. The molecule has 0 aliphatic heterocycles. The second-order valence-electron chi connectivity index (χ2n) is 10.3. The highest BCUT2D eigenvalue weighted by molar-refractivity contribution is 6.30. The van der Waals surface area contributed by atoms with Crippen molar-refractivity contribution in [1.29, 1.82) is 0 Å². The van der Waals surface area contributed by atoms with E-state index in [0.717, 1.165) is 58.6 Å². The van der Waals surface area contributed by atoms with Gasteiger partial charge in [-0.1, -0.05) is 66.2 Å². The molecule has 0 bridgehead atoms. The number of fused-ring (bicyclic) bond motifs is 1. The lowest BCUT2D eigenvalue weighted by Gasteiger charge is -2.43. The van der Waals surface area contributed by atoms with Crippen LogP contribution in [0.4, 0.5) is 4.79 Å². The number of hydrogen-bond donors (Lipinski definition) is 1. The number of alkyl carbamates (subject to hydrolysis) is 1. The van der Waals surface area contributed by atoms with Crippen LogP contribution in [0.25, 0.3) is 28.2 Å². The normalized spacial score (nSPS) is 15.0. The van der Waals surface area contributed by atoms with Gasteiger partial charge in [0.1, 0.15) is 11.2 Å². The smallest absolute Gasteiger partial charge is 0.408 e. The summed E-state index contributed by atoms with van der Waals surface area (Å²) in [6.45, 7) is 7.66. The van der Waals surface area contributed by atoms with E-state index >= 15 is 0 Å². The molecule has 180 valence electrons. The first-order valence-corrected chi connectivity index (χ1v) is 12.4. The number of nitrogens with zero attached hydrogens (tertiary/aromatic N) is 2. The molecule has 1 saturated carbocycles. The first-order chi connectivity index (χ1) is 16.7. The summed E-state index contributed by atoms with van der Waals surface area (Å²) < 4.78 is 7.61. The average Bonchev–Trinajstić information content (AvgIpc) is 3.15. The van der Waals surface area contributed by atoms with E-state index in [2.05, 4.69) is 46.1 Å². The molecule has 2 heterocycles. The lowest BCUT2D eigenvalue weighted by Crippen LogP contribution is -2.52. The Balaban J connectivity index is 1.54. The molecule has 0 spiro atoms. The zero-order chi connectivity index (χ0) is 24.8. The summed E-state index contributed by atoms with van der Waals surface area (Å²) in [5.41, 5.74) is 6.06. The number of benzene rings is 2. The standard InChI is InChI=1S/C29H30ClN3O2/c1-19-17-23(30)18-33-25(21-9-6-5-7-10-21)24(31-26(19)33)20-11-13-22(14-12-20)29(15-8-16-29)32-27(34)35-28(2,3)4/h5-7,9-14,17-18H,8,15-16H2,1-4H3,(H,32,34). The van der Waals surface area contributed by atoms with Gasteiger partial charge in [-0.3, -0.25) is 4.40 Å². The summed E-state index contributed by atoms with van der Waals surface area (Å²) >= 11 is 6.42. The lowest BCUT2D eigenvalue weighted by atomic mass is 9.71. The Kier molecular flexibility index (Phi) is 5.84. The van der Waals surface area contributed by atoms with Gasteiger partial charge in [-0.05, 0) is 64.2 Å². The van der Waals surface area contributed by atoms with Gasteiger partial charge in [-0.15, -0.1) is 0 Å². The van der Waals surface area contributed by atoms with Gasteiger partial charge in [0.15, 0.2) is 0 Å². The molecule has 6 heteroatoms. The van der Waals surface area contributed by atoms with Gasteiger partial charge in [0.05, 0.1) is 21.9 Å². The van der Waals surface area contributed by atoms with Crippen LogP contribution in [-0.4, -0.2) is 21.1 Å². The van der Waals surface area contributed by atoms with Crippen molar-refractivity contribution < 1.29 is 9.53 Å². The molecule has 2 aromatic heterocycles. The van der Waals surface area contributed by atoms with Crippen molar-refractivity contribution in [3.05, 3.63) is 83.0 Å². The number of nitrogens with one attached hydrogen (secondary N) is 1.